The van der Waals surface area contributed by atoms with Crippen molar-refractivity contribution in [2.75, 3.05) is 33.0 Å². The number of rotatable bonds is 29. The minimum absolute atomic E-state index is 0.475. The lowest BCUT2D eigenvalue weighted by Crippen LogP contribution is -2.50. The molecule has 1 fully saturated rings. The minimum atomic E-state index is -3.13. The molecule has 6 heteroatoms. The van der Waals surface area contributed by atoms with Crippen LogP contribution >= 0.6 is 0 Å². The second-order valence-corrected chi connectivity index (χ2v) is 12.9. The van der Waals surface area contributed by atoms with Gasteiger partial charge >= 0.3 is 9.05 Å². The van der Waals surface area contributed by atoms with Crippen molar-refractivity contribution < 1.29 is 22.4 Å². The zero-order chi connectivity index (χ0) is 26.2. The Bertz CT molecular complexity index is 443. The monoisotopic (exact) mass is 530 g/mol. The molecule has 2 unspecified atom stereocenters. The number of hydrogen-bond donors (Lipinski definition) is 0. The van der Waals surface area contributed by atoms with Gasteiger partial charge in [-0.05, 0) is 38.0 Å². The molecule has 0 bridgehead atoms. The van der Waals surface area contributed by atoms with Gasteiger partial charge in [0.2, 0.25) is 0 Å². The van der Waals surface area contributed by atoms with E-state index in [0.29, 0.717) is 38.4 Å². The van der Waals surface area contributed by atoms with Gasteiger partial charge in [-0.2, -0.15) is 0 Å². The molecule has 1 aliphatic heterocycles. The summed E-state index contributed by atoms with van der Waals surface area (Å²) < 4.78 is 31.1. The summed E-state index contributed by atoms with van der Waals surface area (Å²) in [7, 11) is -3.13. The molecule has 5 nitrogen and oxygen atoms in total. The Morgan fingerprint density at radius 1 is 0.556 bits per heavy atom. The summed E-state index contributed by atoms with van der Waals surface area (Å²) in [6.45, 7) is 12.5. The largest absolute Gasteiger partial charge is 0.679 e. The molecular formula is C30H62O5Si. The quantitative estimate of drug-likeness (QED) is 0.0548. The van der Waals surface area contributed by atoms with E-state index in [4.69, 9.17) is 22.4 Å². The van der Waals surface area contributed by atoms with Crippen LogP contribution in [0.5, 0.6) is 0 Å². The minimum Gasteiger partial charge on any atom is -0.373 e. The fourth-order valence-corrected chi connectivity index (χ4v) is 6.74. The van der Waals surface area contributed by atoms with E-state index >= 15 is 0 Å². The summed E-state index contributed by atoms with van der Waals surface area (Å²) in [6.07, 6.45) is 23.7. The highest BCUT2D eigenvalue weighted by Crippen LogP contribution is 2.27. The van der Waals surface area contributed by atoms with Crippen LogP contribution < -0.4 is 0 Å². The average molecular weight is 531 g/mol. The average Bonchev–Trinajstić information content (AvgIpc) is 3.70. The number of epoxide rings is 1. The highest BCUT2D eigenvalue weighted by atomic mass is 28.4. The van der Waals surface area contributed by atoms with E-state index in [1.54, 1.807) is 0 Å². The van der Waals surface area contributed by atoms with E-state index < -0.39 is 9.05 Å². The third-order valence-corrected chi connectivity index (χ3v) is 9.29. The van der Waals surface area contributed by atoms with Crippen LogP contribution in [0.1, 0.15) is 150 Å². The Balaban J connectivity index is 2.60. The van der Waals surface area contributed by atoms with Crippen molar-refractivity contribution in [1.29, 1.82) is 0 Å². The molecular weight excluding hydrogens is 468 g/mol. The summed E-state index contributed by atoms with van der Waals surface area (Å²) in [5.74, 6) is 0.652. The van der Waals surface area contributed by atoms with E-state index in [9.17, 15) is 0 Å². The van der Waals surface area contributed by atoms with Gasteiger partial charge in [0.05, 0.1) is 12.7 Å². The number of unbranched alkanes of at least 4 members (excludes halogenated alkanes) is 12. The Morgan fingerprint density at radius 2 is 1.03 bits per heavy atom. The third kappa shape index (κ3) is 19.1. The van der Waals surface area contributed by atoms with Crippen molar-refractivity contribution in [2.24, 2.45) is 5.92 Å². The standard InChI is InChI=1S/C30H62O5Si/c1-5-9-12-14-16-19-24-33-36(32-23-8-4,34-25-20-17-15-13-10-6-2)35-26-22-29(21-18-11-7-3)27-30-28-31-30/h29-30H,5-28H2,1-4H3. The van der Waals surface area contributed by atoms with Crippen LogP contribution in [0.2, 0.25) is 0 Å². The van der Waals surface area contributed by atoms with Crippen LogP contribution in [-0.2, 0) is 22.4 Å². The molecule has 0 saturated carbocycles. The molecule has 1 aliphatic rings. The fraction of sp³-hybridized carbons (Fsp3) is 1.00. The summed E-state index contributed by atoms with van der Waals surface area (Å²) in [4.78, 5) is 0. The molecule has 0 aliphatic carbocycles. The lowest BCUT2D eigenvalue weighted by molar-refractivity contribution is -0.0385. The summed E-state index contributed by atoms with van der Waals surface area (Å²) in [6, 6.07) is 0. The van der Waals surface area contributed by atoms with Gasteiger partial charge in [-0.1, -0.05) is 118 Å². The predicted octanol–water partition coefficient (Wildman–Crippen LogP) is 8.99. The first-order valence-electron chi connectivity index (χ1n) is 15.9. The Kier molecular flexibility index (Phi) is 22.8. The van der Waals surface area contributed by atoms with Gasteiger partial charge in [0.15, 0.2) is 0 Å². The highest BCUT2D eigenvalue weighted by Gasteiger charge is 2.45. The van der Waals surface area contributed by atoms with Crippen molar-refractivity contribution in [2.45, 2.75) is 156 Å². The van der Waals surface area contributed by atoms with E-state index in [-0.39, 0.29) is 0 Å². The van der Waals surface area contributed by atoms with Gasteiger partial charge in [0.25, 0.3) is 0 Å². The fourth-order valence-electron chi connectivity index (χ4n) is 4.63. The summed E-state index contributed by atoms with van der Waals surface area (Å²) in [5.41, 5.74) is 0. The summed E-state index contributed by atoms with van der Waals surface area (Å²) >= 11 is 0. The van der Waals surface area contributed by atoms with E-state index in [1.165, 1.54) is 89.9 Å². The van der Waals surface area contributed by atoms with Crippen LogP contribution in [-0.4, -0.2) is 48.2 Å². The van der Waals surface area contributed by atoms with E-state index in [2.05, 4.69) is 27.7 Å². The lowest BCUT2D eigenvalue weighted by Gasteiger charge is -2.29. The molecule has 1 rings (SSSR count). The van der Waals surface area contributed by atoms with Crippen molar-refractivity contribution in [3.05, 3.63) is 0 Å². The topological polar surface area (TPSA) is 49.5 Å². The lowest BCUT2D eigenvalue weighted by atomic mass is 9.93. The molecule has 0 spiro atoms. The Morgan fingerprint density at radius 3 is 1.56 bits per heavy atom. The van der Waals surface area contributed by atoms with Crippen molar-refractivity contribution in [3.8, 4) is 0 Å². The first kappa shape index (κ1) is 34.0. The Labute approximate surface area is 226 Å². The van der Waals surface area contributed by atoms with E-state index in [0.717, 1.165) is 38.7 Å². The van der Waals surface area contributed by atoms with Crippen LogP contribution in [0.4, 0.5) is 0 Å². The van der Waals surface area contributed by atoms with Crippen molar-refractivity contribution in [1.82, 2.24) is 0 Å². The maximum absolute atomic E-state index is 6.49. The first-order chi connectivity index (χ1) is 17.7. The van der Waals surface area contributed by atoms with Gasteiger partial charge in [0, 0.05) is 26.4 Å². The zero-order valence-electron chi connectivity index (χ0n) is 24.7. The smallest absolute Gasteiger partial charge is 0.373 e. The molecule has 0 amide bonds. The first-order valence-corrected chi connectivity index (χ1v) is 17.5. The van der Waals surface area contributed by atoms with Crippen LogP contribution in [0.15, 0.2) is 0 Å². The maximum atomic E-state index is 6.49. The van der Waals surface area contributed by atoms with E-state index in [1.807, 2.05) is 0 Å². The molecule has 0 radical (unpaired) electrons. The SMILES string of the molecule is CCCCCCCCO[Si](OCCC)(OCCCCCCCC)OCCC(CCCCC)CC1CO1. The van der Waals surface area contributed by atoms with Gasteiger partial charge < -0.3 is 22.4 Å². The molecule has 1 heterocycles. The van der Waals surface area contributed by atoms with Gasteiger partial charge in [-0.25, -0.2) is 0 Å². The summed E-state index contributed by atoms with van der Waals surface area (Å²) in [5, 5.41) is 0. The molecule has 0 aromatic heterocycles. The second-order valence-electron chi connectivity index (χ2n) is 10.8. The second kappa shape index (κ2) is 24.1. The molecule has 36 heavy (non-hydrogen) atoms. The van der Waals surface area contributed by atoms with Crippen molar-refractivity contribution in [3.63, 3.8) is 0 Å². The van der Waals surface area contributed by atoms with Crippen LogP contribution in [0, 0.1) is 5.92 Å². The number of hydrogen-bond acceptors (Lipinski definition) is 5. The number of ether oxygens (including phenoxy) is 1. The molecule has 0 N–H and O–H groups in total. The zero-order valence-corrected chi connectivity index (χ0v) is 25.7. The maximum Gasteiger partial charge on any atom is 0.679 e. The Hall–Kier alpha value is 0.0169. The van der Waals surface area contributed by atoms with Crippen LogP contribution in [0.3, 0.4) is 0 Å². The van der Waals surface area contributed by atoms with Gasteiger partial charge in [-0.3, -0.25) is 0 Å². The molecule has 1 saturated heterocycles. The molecule has 2 atom stereocenters. The highest BCUT2D eigenvalue weighted by molar-refractivity contribution is 6.53. The van der Waals surface area contributed by atoms with Gasteiger partial charge in [0.1, 0.15) is 0 Å². The van der Waals surface area contributed by atoms with Gasteiger partial charge in [-0.15, -0.1) is 0 Å². The molecule has 0 aromatic carbocycles. The molecule has 216 valence electrons. The van der Waals surface area contributed by atoms with Crippen LogP contribution in [0.25, 0.3) is 0 Å². The molecule has 0 aromatic rings. The third-order valence-electron chi connectivity index (χ3n) is 7.06. The normalized spacial score (nSPS) is 16.5. The van der Waals surface area contributed by atoms with Crippen molar-refractivity contribution >= 4 is 9.05 Å². The predicted molar refractivity (Wildman–Crippen MR) is 153 cm³/mol.